The molecule has 1 aromatic carbocycles. The van der Waals surface area contributed by atoms with Crippen molar-refractivity contribution in [2.45, 2.75) is 25.4 Å². The molecule has 0 aliphatic carbocycles. The number of H-pyrrole nitrogens is 1. The molecular weight excluding hydrogens is 262 g/mol. The molecule has 1 aromatic heterocycles. The van der Waals surface area contributed by atoms with Crippen LogP contribution in [0.1, 0.15) is 16.8 Å². The zero-order valence-electron chi connectivity index (χ0n) is 11.8. The highest BCUT2D eigenvalue weighted by atomic mass is 16.1. The van der Waals surface area contributed by atoms with Gasteiger partial charge in [0.1, 0.15) is 0 Å². The van der Waals surface area contributed by atoms with E-state index in [2.05, 4.69) is 27.8 Å². The maximum atomic E-state index is 12.1. The molecule has 1 aliphatic rings. The molecule has 0 atom stereocenters. The first-order chi connectivity index (χ1) is 10.3. The average molecular weight is 281 g/mol. The highest BCUT2D eigenvalue weighted by Crippen LogP contribution is 2.06. The molecule has 0 bridgehead atoms. The number of pyridine rings is 1. The number of aromatic nitrogens is 1. The summed E-state index contributed by atoms with van der Waals surface area (Å²) in [6.07, 6.45) is 6.27. The zero-order valence-corrected chi connectivity index (χ0v) is 11.8. The SMILES string of the molecule is O=c1[nH]c(CCc2ccccc2)ccc1CC1NC=CN1. The molecule has 3 N–H and O–H groups in total. The maximum Gasteiger partial charge on any atom is 0.251 e. The van der Waals surface area contributed by atoms with Crippen molar-refractivity contribution in [3.63, 3.8) is 0 Å². The number of aromatic amines is 1. The number of rotatable bonds is 5. The van der Waals surface area contributed by atoms with E-state index in [0.29, 0.717) is 6.42 Å². The minimum Gasteiger partial charge on any atom is -0.370 e. The molecule has 0 fully saturated rings. The number of hydrogen-bond acceptors (Lipinski definition) is 3. The summed E-state index contributed by atoms with van der Waals surface area (Å²) < 4.78 is 0. The van der Waals surface area contributed by atoms with Gasteiger partial charge in [0.05, 0.1) is 6.17 Å². The van der Waals surface area contributed by atoms with Crippen molar-refractivity contribution >= 4 is 0 Å². The van der Waals surface area contributed by atoms with Crippen LogP contribution in [-0.2, 0) is 19.3 Å². The van der Waals surface area contributed by atoms with E-state index >= 15 is 0 Å². The Morgan fingerprint density at radius 3 is 2.38 bits per heavy atom. The van der Waals surface area contributed by atoms with Gasteiger partial charge in [0.2, 0.25) is 0 Å². The zero-order chi connectivity index (χ0) is 14.5. The van der Waals surface area contributed by atoms with Crippen LogP contribution >= 0.6 is 0 Å². The van der Waals surface area contributed by atoms with E-state index in [0.717, 1.165) is 24.1 Å². The Labute approximate surface area is 123 Å². The standard InChI is InChI=1S/C17H19N3O/c21-17-14(12-16-18-10-11-19-16)7-9-15(20-17)8-6-13-4-2-1-3-5-13/h1-5,7,9-11,16,18-19H,6,8,12H2,(H,20,21). The van der Waals surface area contributed by atoms with Crippen LogP contribution in [0.15, 0.2) is 59.7 Å². The van der Waals surface area contributed by atoms with Gasteiger partial charge in [-0.15, -0.1) is 0 Å². The fourth-order valence-corrected chi connectivity index (χ4v) is 2.49. The average Bonchev–Trinajstić information content (AvgIpc) is 3.02. The van der Waals surface area contributed by atoms with Gasteiger partial charge in [-0.25, -0.2) is 0 Å². The van der Waals surface area contributed by atoms with E-state index in [-0.39, 0.29) is 11.7 Å². The minimum atomic E-state index is 0.0102. The third kappa shape index (κ3) is 3.54. The van der Waals surface area contributed by atoms with E-state index in [1.807, 2.05) is 42.7 Å². The van der Waals surface area contributed by atoms with Crippen molar-refractivity contribution in [1.82, 2.24) is 15.6 Å². The fraction of sp³-hybridized carbons (Fsp3) is 0.235. The van der Waals surface area contributed by atoms with Gasteiger partial charge in [-0.3, -0.25) is 4.79 Å². The van der Waals surface area contributed by atoms with Crippen molar-refractivity contribution in [2.75, 3.05) is 0 Å². The fourth-order valence-electron chi connectivity index (χ4n) is 2.49. The van der Waals surface area contributed by atoms with Gasteiger partial charge in [0, 0.05) is 30.1 Å². The van der Waals surface area contributed by atoms with Gasteiger partial charge < -0.3 is 15.6 Å². The van der Waals surface area contributed by atoms with Crippen LogP contribution in [0.3, 0.4) is 0 Å². The summed E-state index contributed by atoms with van der Waals surface area (Å²) in [5.41, 5.74) is 3.08. The normalized spacial score (nSPS) is 13.9. The molecule has 4 nitrogen and oxygen atoms in total. The number of nitrogens with one attached hydrogen (secondary N) is 3. The molecule has 0 saturated heterocycles. The highest BCUT2D eigenvalue weighted by molar-refractivity contribution is 5.19. The van der Waals surface area contributed by atoms with Crippen molar-refractivity contribution in [3.8, 4) is 0 Å². The summed E-state index contributed by atoms with van der Waals surface area (Å²) in [7, 11) is 0. The summed E-state index contributed by atoms with van der Waals surface area (Å²) in [6.45, 7) is 0. The molecule has 0 saturated carbocycles. The lowest BCUT2D eigenvalue weighted by molar-refractivity contribution is 0.564. The smallest absolute Gasteiger partial charge is 0.251 e. The molecule has 0 unspecified atom stereocenters. The van der Waals surface area contributed by atoms with Crippen LogP contribution in [0.5, 0.6) is 0 Å². The molecule has 2 heterocycles. The third-order valence-corrected chi connectivity index (χ3v) is 3.68. The Bertz CT molecular complexity index is 668. The van der Waals surface area contributed by atoms with Crippen LogP contribution < -0.4 is 16.2 Å². The van der Waals surface area contributed by atoms with Crippen LogP contribution in [-0.4, -0.2) is 11.1 Å². The quantitative estimate of drug-likeness (QED) is 0.782. The van der Waals surface area contributed by atoms with Crippen LogP contribution in [0.25, 0.3) is 0 Å². The predicted octanol–water partition coefficient (Wildman–Crippen LogP) is 1.69. The first-order valence-electron chi connectivity index (χ1n) is 7.23. The maximum absolute atomic E-state index is 12.1. The Hall–Kier alpha value is -2.49. The number of hydrogen-bond donors (Lipinski definition) is 3. The minimum absolute atomic E-state index is 0.0102. The topological polar surface area (TPSA) is 56.9 Å². The largest absolute Gasteiger partial charge is 0.370 e. The molecule has 108 valence electrons. The Morgan fingerprint density at radius 2 is 1.67 bits per heavy atom. The summed E-state index contributed by atoms with van der Waals surface area (Å²) in [4.78, 5) is 15.1. The molecule has 0 spiro atoms. The number of benzene rings is 1. The van der Waals surface area contributed by atoms with Crippen molar-refractivity contribution in [1.29, 1.82) is 0 Å². The van der Waals surface area contributed by atoms with Crippen molar-refractivity contribution in [3.05, 3.63) is 82.0 Å². The van der Waals surface area contributed by atoms with Crippen molar-refractivity contribution < 1.29 is 0 Å². The van der Waals surface area contributed by atoms with Crippen LogP contribution in [0.4, 0.5) is 0 Å². The van der Waals surface area contributed by atoms with Crippen LogP contribution in [0, 0.1) is 0 Å². The molecule has 4 heteroatoms. The lowest BCUT2D eigenvalue weighted by Gasteiger charge is -2.12. The van der Waals surface area contributed by atoms with Gasteiger partial charge in [0.15, 0.2) is 0 Å². The van der Waals surface area contributed by atoms with Crippen LogP contribution in [0.2, 0.25) is 0 Å². The molecular formula is C17H19N3O. The second kappa shape index (κ2) is 6.31. The summed E-state index contributed by atoms with van der Waals surface area (Å²) in [6, 6.07) is 14.3. The summed E-state index contributed by atoms with van der Waals surface area (Å²) >= 11 is 0. The highest BCUT2D eigenvalue weighted by Gasteiger charge is 2.11. The van der Waals surface area contributed by atoms with Gasteiger partial charge in [-0.2, -0.15) is 0 Å². The molecule has 1 aliphatic heterocycles. The Morgan fingerprint density at radius 1 is 0.905 bits per heavy atom. The van der Waals surface area contributed by atoms with E-state index in [1.165, 1.54) is 5.56 Å². The summed E-state index contributed by atoms with van der Waals surface area (Å²) in [5, 5.41) is 6.30. The molecule has 0 radical (unpaired) electrons. The molecule has 0 amide bonds. The van der Waals surface area contributed by atoms with E-state index < -0.39 is 0 Å². The van der Waals surface area contributed by atoms with Gasteiger partial charge >= 0.3 is 0 Å². The van der Waals surface area contributed by atoms with E-state index in [1.54, 1.807) is 0 Å². The van der Waals surface area contributed by atoms with E-state index in [4.69, 9.17) is 0 Å². The molecule has 21 heavy (non-hydrogen) atoms. The third-order valence-electron chi connectivity index (χ3n) is 3.68. The predicted molar refractivity (Wildman–Crippen MR) is 83.8 cm³/mol. The lowest BCUT2D eigenvalue weighted by atomic mass is 10.1. The first kappa shape index (κ1) is 13.5. The first-order valence-corrected chi connectivity index (χ1v) is 7.23. The number of aryl methyl sites for hydroxylation is 2. The van der Waals surface area contributed by atoms with Gasteiger partial charge in [0.25, 0.3) is 5.56 Å². The Balaban J connectivity index is 1.62. The van der Waals surface area contributed by atoms with Crippen molar-refractivity contribution in [2.24, 2.45) is 0 Å². The second-order valence-corrected chi connectivity index (χ2v) is 5.25. The second-order valence-electron chi connectivity index (χ2n) is 5.25. The molecule has 3 rings (SSSR count). The molecule has 2 aromatic rings. The monoisotopic (exact) mass is 281 g/mol. The van der Waals surface area contributed by atoms with Gasteiger partial charge in [-0.05, 0) is 24.5 Å². The van der Waals surface area contributed by atoms with E-state index in [9.17, 15) is 4.79 Å². The summed E-state index contributed by atoms with van der Waals surface area (Å²) in [5.74, 6) is 0. The van der Waals surface area contributed by atoms with Gasteiger partial charge in [-0.1, -0.05) is 36.4 Å². The lowest BCUT2D eigenvalue weighted by Crippen LogP contribution is -2.35. The Kier molecular flexibility index (Phi) is 4.05.